The molecule has 1 heterocycles. The van der Waals surface area contributed by atoms with E-state index in [-0.39, 0.29) is 23.0 Å². The largest absolute Gasteiger partial charge is 0.519 e. The van der Waals surface area contributed by atoms with Gasteiger partial charge in [-0.3, -0.25) is 4.79 Å². The highest BCUT2D eigenvalue weighted by Gasteiger charge is 2.21. The maximum Gasteiger partial charge on any atom is 0.519 e. The van der Waals surface area contributed by atoms with E-state index >= 15 is 0 Å². The molecule has 2 aromatic carbocycles. The lowest BCUT2D eigenvalue weighted by Crippen LogP contribution is -2.41. The first-order valence-electron chi connectivity index (χ1n) is 9.22. The van der Waals surface area contributed by atoms with E-state index in [2.05, 4.69) is 0 Å². The Morgan fingerprint density at radius 1 is 1.07 bits per heavy atom. The smallest absolute Gasteiger partial charge is 0.493 e. The van der Waals surface area contributed by atoms with Gasteiger partial charge in [0.1, 0.15) is 17.4 Å². The summed E-state index contributed by atoms with van der Waals surface area (Å²) in [4.78, 5) is 26.1. The number of morpholine rings is 1. The minimum Gasteiger partial charge on any atom is -0.493 e. The number of para-hydroxylation sites is 1. The zero-order valence-electron chi connectivity index (χ0n) is 16.4. The first kappa shape index (κ1) is 20.9. The number of methoxy groups -OCH3 is 1. The quantitative estimate of drug-likeness (QED) is 0.325. The first-order chi connectivity index (χ1) is 14.6. The number of amides is 1. The molecule has 0 saturated carbocycles. The number of nitrogens with zero attached hydrogens (tertiary/aromatic N) is 2. The van der Waals surface area contributed by atoms with Crippen LogP contribution in [0.25, 0.3) is 6.08 Å². The summed E-state index contributed by atoms with van der Waals surface area (Å²) in [5, 5.41) is 9.41. The second kappa shape index (κ2) is 10.1. The lowest BCUT2D eigenvalue weighted by atomic mass is 10.1. The molecule has 8 nitrogen and oxygen atoms in total. The average Bonchev–Trinajstić information content (AvgIpc) is 2.79. The highest BCUT2D eigenvalue weighted by Crippen LogP contribution is 2.29. The Morgan fingerprint density at radius 3 is 2.47 bits per heavy atom. The molecular formula is C22H20N2O6. The maximum absolute atomic E-state index is 12.5. The van der Waals surface area contributed by atoms with Crippen molar-refractivity contribution >= 4 is 18.1 Å². The van der Waals surface area contributed by atoms with Gasteiger partial charge in [0, 0.05) is 13.1 Å². The summed E-state index contributed by atoms with van der Waals surface area (Å²) in [7, 11) is 1.42. The van der Waals surface area contributed by atoms with Crippen LogP contribution in [0.2, 0.25) is 0 Å². The lowest BCUT2D eigenvalue weighted by molar-refractivity contribution is -0.130. The van der Waals surface area contributed by atoms with Gasteiger partial charge in [-0.1, -0.05) is 24.3 Å². The third-order valence-electron chi connectivity index (χ3n) is 4.29. The molecule has 0 aromatic heterocycles. The number of hydrogen-bond donors (Lipinski definition) is 0. The molecule has 2 aromatic rings. The number of nitriles is 1. The van der Waals surface area contributed by atoms with Gasteiger partial charge >= 0.3 is 6.16 Å². The zero-order chi connectivity index (χ0) is 21.3. The standard InChI is InChI=1S/C22H20N2O6/c1-27-20-14-16(13-17(15-23)21(25)24-9-11-28-12-10-24)7-8-19(20)30-22(26)29-18-5-3-2-4-6-18/h2-8,13-14H,9-12H2,1H3/b17-13+. The number of rotatable bonds is 5. The van der Waals surface area contributed by atoms with Crippen LogP contribution < -0.4 is 14.2 Å². The molecule has 0 unspecified atom stereocenters. The summed E-state index contributed by atoms with van der Waals surface area (Å²) < 4.78 is 20.8. The van der Waals surface area contributed by atoms with E-state index < -0.39 is 6.16 Å². The number of carbonyl (C=O) groups is 2. The highest BCUT2D eigenvalue weighted by molar-refractivity contribution is 6.01. The fourth-order valence-corrected chi connectivity index (χ4v) is 2.80. The third kappa shape index (κ3) is 5.37. The van der Waals surface area contributed by atoms with Crippen LogP contribution in [-0.4, -0.2) is 50.4 Å². The maximum atomic E-state index is 12.5. The van der Waals surface area contributed by atoms with Crippen molar-refractivity contribution in [2.24, 2.45) is 0 Å². The number of carbonyl (C=O) groups excluding carboxylic acids is 2. The van der Waals surface area contributed by atoms with Gasteiger partial charge in [0.05, 0.1) is 20.3 Å². The van der Waals surface area contributed by atoms with Crippen molar-refractivity contribution in [3.8, 4) is 23.3 Å². The molecule has 8 heteroatoms. The molecule has 1 aliphatic heterocycles. The van der Waals surface area contributed by atoms with Gasteiger partial charge in [0.2, 0.25) is 0 Å². The molecule has 1 amide bonds. The van der Waals surface area contributed by atoms with Crippen LogP contribution in [0.3, 0.4) is 0 Å². The molecular weight excluding hydrogens is 388 g/mol. The molecule has 0 N–H and O–H groups in total. The average molecular weight is 408 g/mol. The van der Waals surface area contributed by atoms with E-state index in [0.29, 0.717) is 37.6 Å². The van der Waals surface area contributed by atoms with Crippen LogP contribution in [0.15, 0.2) is 54.1 Å². The monoisotopic (exact) mass is 408 g/mol. The molecule has 3 rings (SSSR count). The Hall–Kier alpha value is -3.83. The van der Waals surface area contributed by atoms with E-state index in [1.165, 1.54) is 19.3 Å². The molecule has 0 bridgehead atoms. The second-order valence-electron chi connectivity index (χ2n) is 6.25. The van der Waals surface area contributed by atoms with Crippen molar-refractivity contribution in [3.63, 3.8) is 0 Å². The first-order valence-corrected chi connectivity index (χ1v) is 9.22. The summed E-state index contributed by atoms with van der Waals surface area (Å²) in [6, 6.07) is 15.1. The molecule has 30 heavy (non-hydrogen) atoms. The number of benzene rings is 2. The second-order valence-corrected chi connectivity index (χ2v) is 6.25. The topological polar surface area (TPSA) is 98.1 Å². The van der Waals surface area contributed by atoms with Crippen molar-refractivity contribution in [3.05, 3.63) is 59.7 Å². The van der Waals surface area contributed by atoms with Crippen molar-refractivity contribution in [1.29, 1.82) is 5.26 Å². The summed E-state index contributed by atoms with van der Waals surface area (Å²) >= 11 is 0. The number of hydrogen-bond acceptors (Lipinski definition) is 7. The Labute approximate surface area is 173 Å². The number of ether oxygens (including phenoxy) is 4. The Kier molecular flexibility index (Phi) is 7.03. The summed E-state index contributed by atoms with van der Waals surface area (Å²) in [6.07, 6.45) is 0.551. The Balaban J connectivity index is 1.74. The molecule has 1 fully saturated rings. The van der Waals surface area contributed by atoms with Gasteiger partial charge in [-0.05, 0) is 35.9 Å². The lowest BCUT2D eigenvalue weighted by Gasteiger charge is -2.26. The highest BCUT2D eigenvalue weighted by atomic mass is 16.7. The van der Waals surface area contributed by atoms with Crippen LogP contribution in [0.4, 0.5) is 4.79 Å². The van der Waals surface area contributed by atoms with Crippen molar-refractivity contribution < 1.29 is 28.5 Å². The van der Waals surface area contributed by atoms with Gasteiger partial charge in [-0.15, -0.1) is 0 Å². The van der Waals surface area contributed by atoms with Crippen LogP contribution in [0.5, 0.6) is 17.2 Å². The molecule has 0 atom stereocenters. The molecule has 0 spiro atoms. The van der Waals surface area contributed by atoms with Crippen molar-refractivity contribution in [1.82, 2.24) is 4.90 Å². The van der Waals surface area contributed by atoms with E-state index in [1.807, 2.05) is 6.07 Å². The molecule has 0 aliphatic carbocycles. The SMILES string of the molecule is COc1cc(/C=C(\C#N)C(=O)N2CCOCC2)ccc1OC(=O)Oc1ccccc1. The van der Waals surface area contributed by atoms with Crippen LogP contribution in [-0.2, 0) is 9.53 Å². The van der Waals surface area contributed by atoms with Gasteiger partial charge in [0.15, 0.2) is 11.5 Å². The molecule has 0 radical (unpaired) electrons. The zero-order valence-corrected chi connectivity index (χ0v) is 16.4. The van der Waals surface area contributed by atoms with Crippen LogP contribution >= 0.6 is 0 Å². The van der Waals surface area contributed by atoms with E-state index in [1.54, 1.807) is 47.4 Å². The predicted molar refractivity (Wildman–Crippen MR) is 107 cm³/mol. The summed E-state index contributed by atoms with van der Waals surface area (Å²) in [6.45, 7) is 1.78. The Morgan fingerprint density at radius 2 is 1.80 bits per heavy atom. The molecule has 1 saturated heterocycles. The fraction of sp³-hybridized carbons (Fsp3) is 0.227. The normalized spacial score (nSPS) is 13.9. The third-order valence-corrected chi connectivity index (χ3v) is 4.29. The van der Waals surface area contributed by atoms with Gasteiger partial charge in [-0.2, -0.15) is 5.26 Å². The van der Waals surface area contributed by atoms with Gasteiger partial charge in [-0.25, -0.2) is 4.79 Å². The molecule has 1 aliphatic rings. The van der Waals surface area contributed by atoms with Crippen molar-refractivity contribution in [2.75, 3.05) is 33.4 Å². The van der Waals surface area contributed by atoms with Gasteiger partial charge < -0.3 is 23.8 Å². The predicted octanol–water partition coefficient (Wildman–Crippen LogP) is 3.04. The summed E-state index contributed by atoms with van der Waals surface area (Å²) in [5.74, 6) is 0.395. The summed E-state index contributed by atoms with van der Waals surface area (Å²) in [5.41, 5.74) is 0.546. The minimum absolute atomic E-state index is 0.00360. The van der Waals surface area contributed by atoms with E-state index in [0.717, 1.165) is 0 Å². The van der Waals surface area contributed by atoms with Crippen LogP contribution in [0.1, 0.15) is 5.56 Å². The van der Waals surface area contributed by atoms with Crippen molar-refractivity contribution in [2.45, 2.75) is 0 Å². The molecule has 154 valence electrons. The fourth-order valence-electron chi connectivity index (χ4n) is 2.80. The van der Waals surface area contributed by atoms with Crippen LogP contribution in [0, 0.1) is 11.3 Å². The van der Waals surface area contributed by atoms with E-state index in [4.69, 9.17) is 18.9 Å². The van der Waals surface area contributed by atoms with Gasteiger partial charge in [0.25, 0.3) is 5.91 Å². The Bertz CT molecular complexity index is 975. The van der Waals surface area contributed by atoms with E-state index in [9.17, 15) is 14.9 Å². The minimum atomic E-state index is -0.914.